The summed E-state index contributed by atoms with van der Waals surface area (Å²) in [7, 11) is 0. The largest absolute Gasteiger partial charge is 0.326 e. The summed E-state index contributed by atoms with van der Waals surface area (Å²) >= 11 is 1.83. The van der Waals surface area contributed by atoms with E-state index < -0.39 is 0 Å². The molecule has 0 amide bonds. The van der Waals surface area contributed by atoms with Gasteiger partial charge < -0.3 is 5.73 Å². The predicted molar refractivity (Wildman–Crippen MR) is 46.2 cm³/mol. The maximum Gasteiger partial charge on any atom is 0.0273 e. The number of thiophene rings is 1. The second-order valence-corrected chi connectivity index (χ2v) is 3.58. The summed E-state index contributed by atoms with van der Waals surface area (Å²) in [4.78, 5) is 2.76. The first-order chi connectivity index (χ1) is 4.86. The molecule has 1 heterocycles. The minimum atomic E-state index is 0.689. The van der Waals surface area contributed by atoms with E-state index in [2.05, 4.69) is 19.1 Å². The average molecular weight is 155 g/mol. The molecule has 56 valence electrons. The summed E-state index contributed by atoms with van der Waals surface area (Å²) in [5, 5.41) is 0. The minimum absolute atomic E-state index is 0.689. The van der Waals surface area contributed by atoms with Crippen LogP contribution >= 0.6 is 11.3 Å². The fourth-order valence-electron chi connectivity index (χ4n) is 0.913. The highest BCUT2D eigenvalue weighted by Gasteiger charge is 1.95. The molecule has 0 spiro atoms. The molecule has 0 radical (unpaired) electrons. The van der Waals surface area contributed by atoms with Crippen LogP contribution in [0.4, 0.5) is 0 Å². The molecule has 0 unspecified atom stereocenters. The number of aryl methyl sites for hydroxylation is 1. The molecule has 0 aliphatic rings. The predicted octanol–water partition coefficient (Wildman–Crippen LogP) is 2.16. The number of rotatable bonds is 3. The second kappa shape index (κ2) is 3.74. The van der Waals surface area contributed by atoms with Crippen molar-refractivity contribution in [2.45, 2.75) is 26.3 Å². The van der Waals surface area contributed by atoms with Gasteiger partial charge in [-0.3, -0.25) is 0 Å². The van der Waals surface area contributed by atoms with Crippen molar-refractivity contribution in [1.29, 1.82) is 0 Å². The smallest absolute Gasteiger partial charge is 0.0273 e. The van der Waals surface area contributed by atoms with Gasteiger partial charge in [0.05, 0.1) is 0 Å². The summed E-state index contributed by atoms with van der Waals surface area (Å²) in [5.74, 6) is 0. The van der Waals surface area contributed by atoms with Crippen molar-refractivity contribution in [1.82, 2.24) is 0 Å². The van der Waals surface area contributed by atoms with Crippen LogP contribution in [-0.2, 0) is 13.0 Å². The van der Waals surface area contributed by atoms with Crippen molar-refractivity contribution in [3.63, 3.8) is 0 Å². The van der Waals surface area contributed by atoms with Gasteiger partial charge in [0.1, 0.15) is 0 Å². The lowest BCUT2D eigenvalue weighted by Crippen LogP contribution is -1.91. The monoisotopic (exact) mass is 155 g/mol. The zero-order valence-electron chi connectivity index (χ0n) is 6.26. The molecule has 0 bridgehead atoms. The highest BCUT2D eigenvalue weighted by atomic mass is 32.1. The van der Waals surface area contributed by atoms with Gasteiger partial charge in [-0.2, -0.15) is 0 Å². The van der Waals surface area contributed by atoms with Gasteiger partial charge in [-0.1, -0.05) is 13.3 Å². The molecular formula is C8H13NS. The van der Waals surface area contributed by atoms with Gasteiger partial charge in [0.15, 0.2) is 0 Å². The molecule has 1 rings (SSSR count). The van der Waals surface area contributed by atoms with Crippen LogP contribution in [0.1, 0.15) is 23.1 Å². The summed E-state index contributed by atoms with van der Waals surface area (Å²) < 4.78 is 0. The van der Waals surface area contributed by atoms with Gasteiger partial charge in [0, 0.05) is 16.3 Å². The van der Waals surface area contributed by atoms with Crippen LogP contribution in [0.3, 0.4) is 0 Å². The lowest BCUT2D eigenvalue weighted by Gasteiger charge is -1.88. The molecule has 0 saturated heterocycles. The Bertz CT molecular complexity index is 193. The van der Waals surface area contributed by atoms with Gasteiger partial charge in [0.25, 0.3) is 0 Å². The molecule has 0 aliphatic carbocycles. The average Bonchev–Trinajstić information content (AvgIpc) is 2.37. The van der Waals surface area contributed by atoms with E-state index in [1.54, 1.807) is 0 Å². The molecule has 1 aromatic heterocycles. The van der Waals surface area contributed by atoms with Crippen LogP contribution in [-0.4, -0.2) is 0 Å². The Kier molecular flexibility index (Phi) is 2.90. The van der Waals surface area contributed by atoms with Crippen molar-refractivity contribution >= 4 is 11.3 Å². The fourth-order valence-corrected chi connectivity index (χ4v) is 1.91. The van der Waals surface area contributed by atoms with E-state index in [0.717, 1.165) is 0 Å². The molecule has 0 atom stereocenters. The lowest BCUT2D eigenvalue weighted by molar-refractivity contribution is 0.940. The van der Waals surface area contributed by atoms with Crippen LogP contribution in [0.5, 0.6) is 0 Å². The molecule has 1 aromatic rings. The van der Waals surface area contributed by atoms with E-state index in [4.69, 9.17) is 5.73 Å². The van der Waals surface area contributed by atoms with E-state index in [-0.39, 0.29) is 0 Å². The minimum Gasteiger partial charge on any atom is -0.326 e. The molecule has 0 saturated carbocycles. The van der Waals surface area contributed by atoms with Crippen molar-refractivity contribution in [3.05, 3.63) is 21.9 Å². The van der Waals surface area contributed by atoms with Gasteiger partial charge >= 0.3 is 0 Å². The Morgan fingerprint density at radius 1 is 1.40 bits per heavy atom. The maximum absolute atomic E-state index is 5.47. The molecular weight excluding hydrogens is 142 g/mol. The summed E-state index contributed by atoms with van der Waals surface area (Å²) in [5.41, 5.74) is 5.47. The highest BCUT2D eigenvalue weighted by molar-refractivity contribution is 7.11. The van der Waals surface area contributed by atoms with Gasteiger partial charge in [-0.05, 0) is 18.6 Å². The standard InChI is InChI=1S/C8H13NS/c1-2-3-7-4-5-8(6-9)10-7/h4-5H,2-3,6,9H2,1H3. The molecule has 2 heteroatoms. The number of hydrogen-bond donors (Lipinski definition) is 1. The first kappa shape index (κ1) is 7.76. The van der Waals surface area contributed by atoms with Crippen molar-refractivity contribution in [2.75, 3.05) is 0 Å². The maximum atomic E-state index is 5.47. The highest BCUT2D eigenvalue weighted by Crippen LogP contribution is 2.16. The van der Waals surface area contributed by atoms with Crippen molar-refractivity contribution in [3.8, 4) is 0 Å². The first-order valence-corrected chi connectivity index (χ1v) is 4.46. The van der Waals surface area contributed by atoms with Crippen molar-refractivity contribution < 1.29 is 0 Å². The van der Waals surface area contributed by atoms with Crippen molar-refractivity contribution in [2.24, 2.45) is 5.73 Å². The molecule has 10 heavy (non-hydrogen) atoms. The van der Waals surface area contributed by atoms with Gasteiger partial charge in [-0.15, -0.1) is 11.3 Å². The summed E-state index contributed by atoms with van der Waals surface area (Å²) in [6.45, 7) is 2.89. The van der Waals surface area contributed by atoms with E-state index in [1.165, 1.54) is 22.6 Å². The quantitative estimate of drug-likeness (QED) is 0.711. The van der Waals surface area contributed by atoms with Crippen LogP contribution in [0, 0.1) is 0 Å². The van der Waals surface area contributed by atoms with Gasteiger partial charge in [0.2, 0.25) is 0 Å². The summed E-state index contributed by atoms with van der Waals surface area (Å²) in [6.07, 6.45) is 2.43. The lowest BCUT2D eigenvalue weighted by atomic mass is 10.3. The fraction of sp³-hybridized carbons (Fsp3) is 0.500. The SMILES string of the molecule is CCCc1ccc(CN)s1. The van der Waals surface area contributed by atoms with E-state index in [0.29, 0.717) is 6.54 Å². The first-order valence-electron chi connectivity index (χ1n) is 3.64. The van der Waals surface area contributed by atoms with E-state index >= 15 is 0 Å². The molecule has 2 N–H and O–H groups in total. The zero-order valence-corrected chi connectivity index (χ0v) is 7.08. The summed E-state index contributed by atoms with van der Waals surface area (Å²) in [6, 6.07) is 4.30. The Hall–Kier alpha value is -0.340. The second-order valence-electron chi connectivity index (χ2n) is 2.32. The third kappa shape index (κ3) is 1.82. The Morgan fingerprint density at radius 3 is 2.60 bits per heavy atom. The van der Waals surface area contributed by atoms with Crippen LogP contribution in [0.25, 0.3) is 0 Å². The number of nitrogens with two attached hydrogens (primary N) is 1. The third-order valence-corrected chi connectivity index (χ3v) is 2.58. The molecule has 0 aliphatic heterocycles. The van der Waals surface area contributed by atoms with E-state index in [1.807, 2.05) is 11.3 Å². The normalized spacial score (nSPS) is 10.2. The molecule has 0 fully saturated rings. The molecule has 1 nitrogen and oxygen atoms in total. The topological polar surface area (TPSA) is 26.0 Å². The Morgan fingerprint density at radius 2 is 2.10 bits per heavy atom. The van der Waals surface area contributed by atoms with Crippen LogP contribution in [0.2, 0.25) is 0 Å². The Labute approximate surface area is 65.9 Å². The van der Waals surface area contributed by atoms with Gasteiger partial charge in [-0.25, -0.2) is 0 Å². The van der Waals surface area contributed by atoms with E-state index in [9.17, 15) is 0 Å². The number of hydrogen-bond acceptors (Lipinski definition) is 2. The zero-order chi connectivity index (χ0) is 7.40. The Balaban J connectivity index is 2.59. The molecule has 0 aromatic carbocycles. The third-order valence-electron chi connectivity index (χ3n) is 1.41. The van der Waals surface area contributed by atoms with Crippen LogP contribution in [0.15, 0.2) is 12.1 Å². The van der Waals surface area contributed by atoms with Crippen LogP contribution < -0.4 is 5.73 Å².